The molecule has 1 aliphatic heterocycles. The Morgan fingerprint density at radius 1 is 1.06 bits per heavy atom. The lowest BCUT2D eigenvalue weighted by atomic mass is 9.79. The van der Waals surface area contributed by atoms with Crippen LogP contribution in [-0.4, -0.2) is 25.0 Å². The van der Waals surface area contributed by atoms with E-state index >= 15 is 0 Å². The molecule has 1 saturated carbocycles. The molecule has 5 atom stereocenters. The van der Waals surface area contributed by atoms with E-state index in [0.717, 1.165) is 31.8 Å². The fourth-order valence-electron chi connectivity index (χ4n) is 3.54. The molecule has 0 aromatic carbocycles. The maximum Gasteiger partial charge on any atom is 0.224 e. The van der Waals surface area contributed by atoms with Gasteiger partial charge in [0.1, 0.15) is 0 Å². The monoisotopic (exact) mass is 252 g/mol. The second-order valence-electron chi connectivity index (χ2n) is 6.71. The fraction of sp³-hybridized carbons (Fsp3) is 0.933. The van der Waals surface area contributed by atoms with Gasteiger partial charge in [0, 0.05) is 12.6 Å². The van der Waals surface area contributed by atoms with Crippen molar-refractivity contribution < 1.29 is 4.79 Å². The smallest absolute Gasteiger partial charge is 0.224 e. The molecule has 1 aliphatic carbocycles. The standard InChI is InChI=1S/C15H28N2O/c1-10-4-5-14(12(3)6-10)17-15(18)13-7-11(2)8-16-9-13/h10-14,16H,4-9H2,1-3H3,(H,17,18). The Morgan fingerprint density at radius 3 is 2.50 bits per heavy atom. The van der Waals surface area contributed by atoms with Crippen molar-refractivity contribution in [1.82, 2.24) is 10.6 Å². The molecule has 0 spiro atoms. The van der Waals surface area contributed by atoms with Crippen LogP contribution >= 0.6 is 0 Å². The van der Waals surface area contributed by atoms with E-state index in [-0.39, 0.29) is 11.8 Å². The van der Waals surface area contributed by atoms with Crippen molar-refractivity contribution in [2.45, 2.75) is 52.5 Å². The first kappa shape index (κ1) is 13.9. The zero-order chi connectivity index (χ0) is 13.1. The van der Waals surface area contributed by atoms with E-state index in [9.17, 15) is 4.79 Å². The third-order valence-corrected chi connectivity index (χ3v) is 4.70. The Bertz CT molecular complexity index is 292. The highest BCUT2D eigenvalue weighted by Crippen LogP contribution is 2.29. The van der Waals surface area contributed by atoms with Gasteiger partial charge in [-0.1, -0.05) is 20.8 Å². The van der Waals surface area contributed by atoms with Crippen molar-refractivity contribution in [3.05, 3.63) is 0 Å². The maximum atomic E-state index is 12.3. The molecular weight excluding hydrogens is 224 g/mol. The molecule has 2 N–H and O–H groups in total. The number of hydrogen-bond acceptors (Lipinski definition) is 2. The van der Waals surface area contributed by atoms with Gasteiger partial charge in [0.05, 0.1) is 5.92 Å². The molecule has 0 aromatic heterocycles. The number of hydrogen-bond donors (Lipinski definition) is 2. The first-order valence-electron chi connectivity index (χ1n) is 7.57. The summed E-state index contributed by atoms with van der Waals surface area (Å²) in [7, 11) is 0. The van der Waals surface area contributed by atoms with Crippen LogP contribution in [0.15, 0.2) is 0 Å². The van der Waals surface area contributed by atoms with Crippen LogP contribution in [-0.2, 0) is 4.79 Å². The summed E-state index contributed by atoms with van der Waals surface area (Å²) in [6, 6.07) is 0.408. The highest BCUT2D eigenvalue weighted by molar-refractivity contribution is 5.79. The van der Waals surface area contributed by atoms with Gasteiger partial charge in [-0.3, -0.25) is 4.79 Å². The second-order valence-corrected chi connectivity index (χ2v) is 6.71. The number of carbonyl (C=O) groups is 1. The first-order chi connectivity index (χ1) is 8.56. The van der Waals surface area contributed by atoms with E-state index in [2.05, 4.69) is 31.4 Å². The number of nitrogens with one attached hydrogen (secondary N) is 2. The second kappa shape index (κ2) is 6.05. The van der Waals surface area contributed by atoms with Gasteiger partial charge in [-0.2, -0.15) is 0 Å². The fourth-order valence-corrected chi connectivity index (χ4v) is 3.54. The third kappa shape index (κ3) is 3.47. The van der Waals surface area contributed by atoms with E-state index in [1.165, 1.54) is 12.8 Å². The van der Waals surface area contributed by atoms with Crippen molar-refractivity contribution in [1.29, 1.82) is 0 Å². The summed E-state index contributed by atoms with van der Waals surface area (Å²) in [4.78, 5) is 12.3. The van der Waals surface area contributed by atoms with Gasteiger partial charge in [-0.25, -0.2) is 0 Å². The topological polar surface area (TPSA) is 41.1 Å². The molecule has 0 aromatic rings. The summed E-state index contributed by atoms with van der Waals surface area (Å²) in [6.07, 6.45) is 4.71. The van der Waals surface area contributed by atoms with Crippen LogP contribution in [0.3, 0.4) is 0 Å². The van der Waals surface area contributed by atoms with Crippen LogP contribution in [0.25, 0.3) is 0 Å². The molecule has 2 fully saturated rings. The van der Waals surface area contributed by atoms with Gasteiger partial charge in [0.25, 0.3) is 0 Å². The summed E-state index contributed by atoms with van der Waals surface area (Å²) in [5.74, 6) is 2.54. The summed E-state index contributed by atoms with van der Waals surface area (Å²) in [5, 5.41) is 6.66. The van der Waals surface area contributed by atoms with Crippen LogP contribution in [0.5, 0.6) is 0 Å². The quantitative estimate of drug-likeness (QED) is 0.791. The van der Waals surface area contributed by atoms with E-state index < -0.39 is 0 Å². The van der Waals surface area contributed by atoms with Gasteiger partial charge in [-0.15, -0.1) is 0 Å². The molecular formula is C15H28N2O. The molecule has 2 rings (SSSR count). The molecule has 1 amide bonds. The Hall–Kier alpha value is -0.570. The maximum absolute atomic E-state index is 12.3. The lowest BCUT2D eigenvalue weighted by Crippen LogP contribution is -2.49. The predicted octanol–water partition coefficient (Wildman–Crippen LogP) is 2.17. The van der Waals surface area contributed by atoms with Crippen molar-refractivity contribution in [3.8, 4) is 0 Å². The third-order valence-electron chi connectivity index (χ3n) is 4.70. The van der Waals surface area contributed by atoms with Crippen LogP contribution in [0.2, 0.25) is 0 Å². The molecule has 1 heterocycles. The van der Waals surface area contributed by atoms with Crippen LogP contribution < -0.4 is 10.6 Å². The lowest BCUT2D eigenvalue weighted by Gasteiger charge is -2.35. The van der Waals surface area contributed by atoms with E-state index in [4.69, 9.17) is 0 Å². The Labute approximate surface area is 111 Å². The average Bonchev–Trinajstić information content (AvgIpc) is 2.32. The number of amides is 1. The zero-order valence-electron chi connectivity index (χ0n) is 12.0. The minimum atomic E-state index is 0.181. The molecule has 3 heteroatoms. The minimum Gasteiger partial charge on any atom is -0.353 e. The van der Waals surface area contributed by atoms with E-state index in [0.29, 0.717) is 17.9 Å². The van der Waals surface area contributed by atoms with Gasteiger partial charge in [0.15, 0.2) is 0 Å². The molecule has 2 aliphatic rings. The summed E-state index contributed by atoms with van der Waals surface area (Å²) in [6.45, 7) is 8.73. The zero-order valence-corrected chi connectivity index (χ0v) is 12.0. The van der Waals surface area contributed by atoms with E-state index in [1.807, 2.05) is 0 Å². The van der Waals surface area contributed by atoms with Gasteiger partial charge < -0.3 is 10.6 Å². The Kier molecular flexibility index (Phi) is 4.66. The average molecular weight is 252 g/mol. The molecule has 3 nitrogen and oxygen atoms in total. The Balaban J connectivity index is 1.83. The van der Waals surface area contributed by atoms with Crippen LogP contribution in [0.1, 0.15) is 46.5 Å². The normalized spacial score (nSPS) is 41.4. The van der Waals surface area contributed by atoms with Crippen LogP contribution in [0, 0.1) is 23.7 Å². The molecule has 1 saturated heterocycles. The summed E-state index contributed by atoms with van der Waals surface area (Å²) in [5.41, 5.74) is 0. The molecule has 5 unspecified atom stereocenters. The minimum absolute atomic E-state index is 0.181. The molecule has 0 radical (unpaired) electrons. The summed E-state index contributed by atoms with van der Waals surface area (Å²) < 4.78 is 0. The van der Waals surface area contributed by atoms with Gasteiger partial charge in [0.2, 0.25) is 5.91 Å². The van der Waals surface area contributed by atoms with Crippen molar-refractivity contribution in [2.24, 2.45) is 23.7 Å². The van der Waals surface area contributed by atoms with Crippen molar-refractivity contribution in [3.63, 3.8) is 0 Å². The number of carbonyl (C=O) groups excluding carboxylic acids is 1. The SMILES string of the molecule is CC1CNCC(C(=O)NC2CCC(C)CC2C)C1. The lowest BCUT2D eigenvalue weighted by molar-refractivity contribution is -0.127. The highest BCUT2D eigenvalue weighted by atomic mass is 16.2. The van der Waals surface area contributed by atoms with Crippen LogP contribution in [0.4, 0.5) is 0 Å². The van der Waals surface area contributed by atoms with Gasteiger partial charge in [-0.05, 0) is 50.0 Å². The molecule has 18 heavy (non-hydrogen) atoms. The largest absolute Gasteiger partial charge is 0.353 e. The first-order valence-corrected chi connectivity index (χ1v) is 7.57. The molecule has 104 valence electrons. The summed E-state index contributed by atoms with van der Waals surface area (Å²) >= 11 is 0. The van der Waals surface area contributed by atoms with E-state index in [1.54, 1.807) is 0 Å². The number of rotatable bonds is 2. The number of piperidine rings is 1. The van der Waals surface area contributed by atoms with Gasteiger partial charge >= 0.3 is 0 Å². The van der Waals surface area contributed by atoms with Crippen molar-refractivity contribution in [2.75, 3.05) is 13.1 Å². The Morgan fingerprint density at radius 2 is 1.83 bits per heavy atom. The predicted molar refractivity (Wildman–Crippen MR) is 74.3 cm³/mol. The molecule has 0 bridgehead atoms. The highest BCUT2D eigenvalue weighted by Gasteiger charge is 2.30. The van der Waals surface area contributed by atoms with Crippen molar-refractivity contribution >= 4 is 5.91 Å².